The first kappa shape index (κ1) is 17.0. The molecule has 1 N–H and O–H groups in total. The van der Waals surface area contributed by atoms with Gasteiger partial charge in [0.05, 0.1) is 17.7 Å². The van der Waals surface area contributed by atoms with E-state index < -0.39 is 0 Å². The van der Waals surface area contributed by atoms with Crippen molar-refractivity contribution in [3.05, 3.63) is 21.3 Å². The first-order valence-corrected chi connectivity index (χ1v) is 8.77. The summed E-state index contributed by atoms with van der Waals surface area (Å²) in [5.41, 5.74) is -0.182. The van der Waals surface area contributed by atoms with Crippen molar-refractivity contribution < 1.29 is 14.3 Å². The van der Waals surface area contributed by atoms with Gasteiger partial charge in [0.15, 0.2) is 5.16 Å². The van der Waals surface area contributed by atoms with Crippen LogP contribution in [0.25, 0.3) is 10.2 Å². The highest BCUT2D eigenvalue weighted by atomic mass is 32.2. The van der Waals surface area contributed by atoms with Crippen LogP contribution in [0.5, 0.6) is 0 Å². The predicted molar refractivity (Wildman–Crippen MR) is 87.8 cm³/mol. The van der Waals surface area contributed by atoms with E-state index in [1.165, 1.54) is 11.3 Å². The highest BCUT2D eigenvalue weighted by Gasteiger charge is 2.10. The van der Waals surface area contributed by atoms with Crippen molar-refractivity contribution in [3.63, 3.8) is 0 Å². The Labute approximate surface area is 136 Å². The molecule has 6 nitrogen and oxygen atoms in total. The number of nitrogens with zero attached hydrogens (tertiary/aromatic N) is 1. The van der Waals surface area contributed by atoms with E-state index in [-0.39, 0.29) is 23.9 Å². The molecule has 22 heavy (non-hydrogen) atoms. The molecule has 2 aromatic heterocycles. The molecule has 2 heterocycles. The molecule has 0 spiro atoms. The van der Waals surface area contributed by atoms with Gasteiger partial charge >= 0.3 is 5.97 Å². The normalized spacial score (nSPS) is 11.0. The van der Waals surface area contributed by atoms with Gasteiger partial charge in [-0.05, 0) is 19.4 Å². The van der Waals surface area contributed by atoms with Crippen LogP contribution in [0, 0.1) is 6.92 Å². The number of thiophene rings is 1. The molecule has 0 aliphatic carbocycles. The lowest BCUT2D eigenvalue weighted by atomic mass is 10.4. The fraction of sp³-hybridized carbons (Fsp3) is 0.500. The minimum Gasteiger partial charge on any atom is -0.463 e. The van der Waals surface area contributed by atoms with Gasteiger partial charge in [-0.2, -0.15) is 0 Å². The van der Waals surface area contributed by atoms with Gasteiger partial charge in [-0.15, -0.1) is 11.3 Å². The van der Waals surface area contributed by atoms with Crippen LogP contribution in [0.15, 0.2) is 16.0 Å². The van der Waals surface area contributed by atoms with Gasteiger partial charge < -0.3 is 14.5 Å². The first-order valence-electron chi connectivity index (χ1n) is 6.96. The number of thioether (sulfide) groups is 1. The molecule has 0 bridgehead atoms. The summed E-state index contributed by atoms with van der Waals surface area (Å²) in [6.45, 7) is 5.25. The maximum atomic E-state index is 11.9. The van der Waals surface area contributed by atoms with Crippen molar-refractivity contribution in [3.8, 4) is 0 Å². The number of aryl methyl sites for hydroxylation is 1. The van der Waals surface area contributed by atoms with Crippen LogP contribution in [0.1, 0.15) is 18.2 Å². The summed E-state index contributed by atoms with van der Waals surface area (Å²) in [6, 6.07) is 1.81. The number of ether oxygens (including phenoxy) is 2. The van der Waals surface area contributed by atoms with Crippen molar-refractivity contribution >= 4 is 39.3 Å². The summed E-state index contributed by atoms with van der Waals surface area (Å²) >= 11 is 2.62. The Balaban J connectivity index is 1.84. The molecule has 0 amide bonds. The molecule has 0 aliphatic heterocycles. The van der Waals surface area contributed by atoms with Crippen molar-refractivity contribution in [2.75, 3.05) is 25.6 Å². The third kappa shape index (κ3) is 4.82. The Morgan fingerprint density at radius 1 is 1.41 bits per heavy atom. The van der Waals surface area contributed by atoms with Gasteiger partial charge in [0, 0.05) is 11.5 Å². The van der Waals surface area contributed by atoms with Crippen molar-refractivity contribution in [1.29, 1.82) is 0 Å². The van der Waals surface area contributed by atoms with Gasteiger partial charge in [-0.25, -0.2) is 4.98 Å². The number of esters is 1. The van der Waals surface area contributed by atoms with E-state index in [2.05, 4.69) is 9.97 Å². The second-order valence-corrected chi connectivity index (χ2v) is 6.77. The molecule has 0 saturated heterocycles. The molecule has 8 heteroatoms. The number of carbonyl (C=O) groups excluding carboxylic acids is 1. The zero-order valence-electron chi connectivity index (χ0n) is 12.5. The lowest BCUT2D eigenvalue weighted by Crippen LogP contribution is -2.14. The Morgan fingerprint density at radius 3 is 3.00 bits per heavy atom. The molecular formula is C14H18N2O4S2. The second-order valence-electron chi connectivity index (χ2n) is 4.57. The molecule has 0 saturated carbocycles. The van der Waals surface area contributed by atoms with Gasteiger partial charge in [0.1, 0.15) is 11.4 Å². The van der Waals surface area contributed by atoms with Gasteiger partial charge in [0.2, 0.25) is 0 Å². The average Bonchev–Trinajstić information content (AvgIpc) is 2.86. The van der Waals surface area contributed by atoms with Crippen LogP contribution in [0.3, 0.4) is 0 Å². The smallest absolute Gasteiger partial charge is 0.316 e. The highest BCUT2D eigenvalue weighted by molar-refractivity contribution is 7.99. The molecule has 120 valence electrons. The van der Waals surface area contributed by atoms with E-state index in [1.54, 1.807) is 0 Å². The van der Waals surface area contributed by atoms with Crippen LogP contribution in [-0.2, 0) is 14.3 Å². The van der Waals surface area contributed by atoms with Crippen molar-refractivity contribution in [2.45, 2.75) is 25.4 Å². The van der Waals surface area contributed by atoms with Crippen LogP contribution in [-0.4, -0.2) is 41.5 Å². The van der Waals surface area contributed by atoms with E-state index in [0.717, 1.165) is 23.1 Å². The SMILES string of the molecule is CCCOCCOC(=O)CSc1nc2sc(C)cc2c(=O)[nH]1. The van der Waals surface area contributed by atoms with Crippen molar-refractivity contribution in [1.82, 2.24) is 9.97 Å². The standard InChI is InChI=1S/C14H18N2O4S2/c1-3-4-19-5-6-20-11(17)8-21-14-15-12(18)10-7-9(2)22-13(10)16-14/h7H,3-6,8H2,1-2H3,(H,15,16,18). The maximum absolute atomic E-state index is 11.9. The van der Waals surface area contributed by atoms with E-state index in [4.69, 9.17) is 9.47 Å². The third-order valence-electron chi connectivity index (χ3n) is 2.67. The van der Waals surface area contributed by atoms with Crippen LogP contribution < -0.4 is 5.56 Å². The number of hydrogen-bond acceptors (Lipinski definition) is 7. The summed E-state index contributed by atoms with van der Waals surface area (Å²) in [4.78, 5) is 32.2. The Hall–Kier alpha value is -1.38. The molecule has 0 aliphatic rings. The topological polar surface area (TPSA) is 81.3 Å². The summed E-state index contributed by atoms with van der Waals surface area (Å²) in [5.74, 6) is -0.248. The lowest BCUT2D eigenvalue weighted by molar-refractivity contribution is -0.141. The van der Waals surface area contributed by atoms with Crippen molar-refractivity contribution in [2.24, 2.45) is 0 Å². The minimum atomic E-state index is -0.352. The summed E-state index contributed by atoms with van der Waals surface area (Å²) in [6.07, 6.45) is 0.938. The van der Waals surface area contributed by atoms with Gasteiger partial charge in [0.25, 0.3) is 5.56 Å². The van der Waals surface area contributed by atoms with Crippen LogP contribution >= 0.6 is 23.1 Å². The number of H-pyrrole nitrogens is 1. The Morgan fingerprint density at radius 2 is 2.23 bits per heavy atom. The number of carbonyl (C=O) groups is 1. The van der Waals surface area contributed by atoms with E-state index in [1.807, 2.05) is 19.9 Å². The molecule has 0 radical (unpaired) electrons. The third-order valence-corrected chi connectivity index (χ3v) is 4.46. The molecule has 0 fully saturated rings. The molecular weight excluding hydrogens is 324 g/mol. The fourth-order valence-corrected chi connectivity index (χ4v) is 3.33. The molecule has 0 unspecified atom stereocenters. The first-order chi connectivity index (χ1) is 10.6. The zero-order valence-corrected chi connectivity index (χ0v) is 14.1. The number of nitrogens with one attached hydrogen (secondary N) is 1. The monoisotopic (exact) mass is 342 g/mol. The number of fused-ring (bicyclic) bond motifs is 1. The molecule has 0 atom stereocenters. The van der Waals surface area contributed by atoms with Gasteiger partial charge in [-0.1, -0.05) is 18.7 Å². The maximum Gasteiger partial charge on any atom is 0.316 e. The van der Waals surface area contributed by atoms with Gasteiger partial charge in [-0.3, -0.25) is 9.59 Å². The van der Waals surface area contributed by atoms with E-state index >= 15 is 0 Å². The lowest BCUT2D eigenvalue weighted by Gasteiger charge is -2.05. The van der Waals surface area contributed by atoms with Crippen LogP contribution in [0.4, 0.5) is 0 Å². The Kier molecular flexibility index (Phi) is 6.41. The van der Waals surface area contributed by atoms with Crippen LogP contribution in [0.2, 0.25) is 0 Å². The summed E-state index contributed by atoms with van der Waals surface area (Å²) in [5, 5.41) is 1.01. The summed E-state index contributed by atoms with van der Waals surface area (Å²) < 4.78 is 10.2. The number of aromatic amines is 1. The second kappa shape index (κ2) is 8.30. The fourth-order valence-electron chi connectivity index (χ4n) is 1.73. The minimum absolute atomic E-state index is 0.104. The molecule has 0 aromatic carbocycles. The summed E-state index contributed by atoms with van der Waals surface area (Å²) in [7, 11) is 0. The zero-order chi connectivity index (χ0) is 15.9. The number of rotatable bonds is 8. The number of hydrogen-bond donors (Lipinski definition) is 1. The number of aromatic nitrogens is 2. The highest BCUT2D eigenvalue weighted by Crippen LogP contribution is 2.22. The van der Waals surface area contributed by atoms with E-state index in [9.17, 15) is 9.59 Å². The predicted octanol–water partition coefficient (Wildman–Crippen LogP) is 2.35. The largest absolute Gasteiger partial charge is 0.463 e. The molecule has 2 aromatic rings. The molecule has 2 rings (SSSR count). The quantitative estimate of drug-likeness (QED) is 0.343. The Bertz CT molecular complexity index is 696. The van der Waals surface area contributed by atoms with E-state index in [0.29, 0.717) is 28.6 Å². The average molecular weight is 342 g/mol.